The first-order valence-electron chi connectivity index (χ1n) is 18.2. The van der Waals surface area contributed by atoms with Gasteiger partial charge >= 0.3 is 0 Å². The van der Waals surface area contributed by atoms with Crippen LogP contribution in [0.25, 0.3) is 103 Å². The average molecular weight is 706 g/mol. The minimum absolute atomic E-state index is 0.658. The number of benzene rings is 8. The van der Waals surface area contributed by atoms with Crippen molar-refractivity contribution in [3.05, 3.63) is 188 Å². The van der Waals surface area contributed by atoms with Gasteiger partial charge in [-0.15, -0.1) is 11.3 Å². The molecule has 0 fully saturated rings. The van der Waals surface area contributed by atoms with E-state index in [4.69, 9.17) is 9.97 Å². The highest BCUT2D eigenvalue weighted by molar-refractivity contribution is 7.25. The largest absolute Gasteiger partial charge is 0.277 e. The lowest BCUT2D eigenvalue weighted by Crippen LogP contribution is -2.04. The molecule has 0 spiro atoms. The highest BCUT2D eigenvalue weighted by Gasteiger charge is 2.20. The van der Waals surface area contributed by atoms with Gasteiger partial charge in [0, 0.05) is 47.5 Å². The molecular weight excluding hydrogens is 675 g/mol. The van der Waals surface area contributed by atoms with Gasteiger partial charge in [-0.05, 0) is 64.2 Å². The molecule has 0 atom stereocenters. The van der Waals surface area contributed by atoms with Crippen molar-refractivity contribution < 1.29 is 0 Å². The van der Waals surface area contributed by atoms with E-state index in [0.29, 0.717) is 5.95 Å². The van der Waals surface area contributed by atoms with Gasteiger partial charge in [0.1, 0.15) is 0 Å². The van der Waals surface area contributed by atoms with Crippen molar-refractivity contribution >= 4 is 64.2 Å². The van der Waals surface area contributed by atoms with Crippen LogP contribution in [0.5, 0.6) is 0 Å². The fraction of sp³-hybridized carbons (Fsp3) is 0. The van der Waals surface area contributed by atoms with E-state index < -0.39 is 0 Å². The Kier molecular flexibility index (Phi) is 7.04. The smallest absolute Gasteiger partial charge is 0.235 e. The van der Waals surface area contributed by atoms with Gasteiger partial charge in [-0.25, -0.2) is 9.97 Å². The summed E-state index contributed by atoms with van der Waals surface area (Å²) in [7, 11) is 0. The van der Waals surface area contributed by atoms with E-state index in [2.05, 4.69) is 187 Å². The SMILES string of the molecule is c1ccc(-c2nc(-n3c4ccccc4c4cccc(-c5cccc(-c6cccc(-c7cccc8sc9ccccc9c78)c6)c5)c43)nc3ccccc23)cc1. The number of para-hydroxylation sites is 3. The molecule has 0 aliphatic carbocycles. The Morgan fingerprint density at radius 2 is 0.963 bits per heavy atom. The number of nitrogens with zero attached hydrogens (tertiary/aromatic N) is 3. The van der Waals surface area contributed by atoms with Crippen molar-refractivity contribution in [2.45, 2.75) is 0 Å². The Bertz CT molecular complexity index is 3230. The molecule has 3 heterocycles. The molecule has 0 unspecified atom stereocenters. The molecular formula is C50H31N3S. The van der Waals surface area contributed by atoms with Crippen molar-refractivity contribution in [2.24, 2.45) is 0 Å². The first kappa shape index (κ1) is 30.7. The van der Waals surface area contributed by atoms with E-state index in [9.17, 15) is 0 Å². The predicted octanol–water partition coefficient (Wildman–Crippen LogP) is 13.8. The van der Waals surface area contributed by atoms with Gasteiger partial charge < -0.3 is 0 Å². The molecule has 0 amide bonds. The van der Waals surface area contributed by atoms with Crippen molar-refractivity contribution in [1.82, 2.24) is 14.5 Å². The molecule has 11 rings (SSSR count). The molecule has 0 saturated carbocycles. The van der Waals surface area contributed by atoms with Gasteiger partial charge in [0.25, 0.3) is 0 Å². The summed E-state index contributed by atoms with van der Waals surface area (Å²) < 4.78 is 4.90. The second kappa shape index (κ2) is 12.4. The lowest BCUT2D eigenvalue weighted by Gasteiger charge is -2.14. The minimum Gasteiger partial charge on any atom is -0.277 e. The van der Waals surface area contributed by atoms with Crippen LogP contribution in [0.2, 0.25) is 0 Å². The molecule has 0 aliphatic heterocycles. The van der Waals surface area contributed by atoms with Gasteiger partial charge in [-0.1, -0.05) is 152 Å². The molecule has 3 aromatic heterocycles. The zero-order valence-corrected chi connectivity index (χ0v) is 30.0. The van der Waals surface area contributed by atoms with E-state index in [-0.39, 0.29) is 0 Å². The maximum atomic E-state index is 5.34. The summed E-state index contributed by atoms with van der Waals surface area (Å²) in [5, 5.41) is 6.02. The van der Waals surface area contributed by atoms with Crippen LogP contribution >= 0.6 is 11.3 Å². The first-order chi connectivity index (χ1) is 26.8. The van der Waals surface area contributed by atoms with E-state index in [1.165, 1.54) is 53.2 Å². The summed E-state index contributed by atoms with van der Waals surface area (Å²) >= 11 is 1.86. The van der Waals surface area contributed by atoms with Crippen molar-refractivity contribution in [2.75, 3.05) is 0 Å². The van der Waals surface area contributed by atoms with Crippen molar-refractivity contribution in [3.63, 3.8) is 0 Å². The van der Waals surface area contributed by atoms with Crippen LogP contribution in [0.4, 0.5) is 0 Å². The van der Waals surface area contributed by atoms with Crippen molar-refractivity contribution in [3.8, 4) is 50.6 Å². The maximum Gasteiger partial charge on any atom is 0.235 e. The van der Waals surface area contributed by atoms with E-state index in [1.54, 1.807) is 0 Å². The Balaban J connectivity index is 1.10. The molecule has 0 saturated heterocycles. The number of fused-ring (bicyclic) bond motifs is 7. The first-order valence-corrected chi connectivity index (χ1v) is 19.1. The third-order valence-corrected chi connectivity index (χ3v) is 11.8. The summed E-state index contributed by atoms with van der Waals surface area (Å²) in [4.78, 5) is 10.6. The monoisotopic (exact) mass is 705 g/mol. The standard InChI is InChI=1S/C50H31N3S/c1-2-14-32(15-3-1)48-41-21-4-7-26-43(41)51-50(52-48)53-44-27-8-5-20-39(44)40-25-12-24-38(49(40)53)36-19-11-17-34(31-36)33-16-10-18-35(30-33)37-23-13-29-46-47(37)42-22-6-9-28-45(42)54-46/h1-31H. The average Bonchev–Trinajstić information content (AvgIpc) is 3.80. The molecule has 8 aromatic carbocycles. The molecule has 11 aromatic rings. The van der Waals surface area contributed by atoms with Crippen LogP contribution in [-0.4, -0.2) is 14.5 Å². The fourth-order valence-electron chi connectivity index (χ4n) is 8.19. The number of aromatic nitrogens is 3. The Morgan fingerprint density at radius 1 is 0.389 bits per heavy atom. The van der Waals surface area contributed by atoms with Gasteiger partial charge in [-0.2, -0.15) is 0 Å². The summed E-state index contributed by atoms with van der Waals surface area (Å²) in [5.74, 6) is 0.658. The fourth-order valence-corrected chi connectivity index (χ4v) is 9.32. The lowest BCUT2D eigenvalue weighted by molar-refractivity contribution is 1.01. The topological polar surface area (TPSA) is 30.7 Å². The third kappa shape index (κ3) is 4.88. The number of hydrogen-bond donors (Lipinski definition) is 0. The van der Waals surface area contributed by atoms with Gasteiger partial charge in [-0.3, -0.25) is 4.57 Å². The van der Waals surface area contributed by atoms with E-state index >= 15 is 0 Å². The summed E-state index contributed by atoms with van der Waals surface area (Å²) in [5.41, 5.74) is 12.2. The molecule has 252 valence electrons. The number of hydrogen-bond acceptors (Lipinski definition) is 3. The quantitative estimate of drug-likeness (QED) is 0.178. The minimum atomic E-state index is 0.658. The summed E-state index contributed by atoms with van der Waals surface area (Å²) in [6, 6.07) is 67.3. The highest BCUT2D eigenvalue weighted by atomic mass is 32.1. The maximum absolute atomic E-state index is 5.34. The third-order valence-electron chi connectivity index (χ3n) is 10.6. The van der Waals surface area contributed by atoms with Crippen LogP contribution in [0, 0.1) is 0 Å². The van der Waals surface area contributed by atoms with Crippen LogP contribution < -0.4 is 0 Å². The van der Waals surface area contributed by atoms with Gasteiger partial charge in [0.05, 0.1) is 22.2 Å². The normalized spacial score (nSPS) is 11.7. The lowest BCUT2D eigenvalue weighted by atomic mass is 9.94. The van der Waals surface area contributed by atoms with Crippen LogP contribution in [0.3, 0.4) is 0 Å². The van der Waals surface area contributed by atoms with Crippen LogP contribution in [0.1, 0.15) is 0 Å². The Hall–Kier alpha value is -6.88. The predicted molar refractivity (Wildman–Crippen MR) is 229 cm³/mol. The Labute approximate surface area is 316 Å². The highest BCUT2D eigenvalue weighted by Crippen LogP contribution is 2.42. The van der Waals surface area contributed by atoms with E-state index in [1.807, 2.05) is 17.4 Å². The second-order valence-corrected chi connectivity index (χ2v) is 14.8. The molecule has 3 nitrogen and oxygen atoms in total. The molecule has 0 N–H and O–H groups in total. The summed E-state index contributed by atoms with van der Waals surface area (Å²) in [6.07, 6.45) is 0. The van der Waals surface area contributed by atoms with Gasteiger partial charge in [0.2, 0.25) is 5.95 Å². The van der Waals surface area contributed by atoms with Crippen LogP contribution in [-0.2, 0) is 0 Å². The number of rotatable bonds is 5. The Morgan fingerprint density at radius 3 is 1.80 bits per heavy atom. The second-order valence-electron chi connectivity index (χ2n) is 13.7. The molecule has 0 bridgehead atoms. The number of thiophene rings is 1. The zero-order chi connectivity index (χ0) is 35.6. The molecule has 0 aliphatic rings. The van der Waals surface area contributed by atoms with Gasteiger partial charge in [0.15, 0.2) is 0 Å². The zero-order valence-electron chi connectivity index (χ0n) is 29.1. The van der Waals surface area contributed by atoms with Crippen molar-refractivity contribution in [1.29, 1.82) is 0 Å². The molecule has 0 radical (unpaired) electrons. The summed E-state index contributed by atoms with van der Waals surface area (Å²) in [6.45, 7) is 0. The van der Waals surface area contributed by atoms with Crippen LogP contribution in [0.15, 0.2) is 188 Å². The molecule has 54 heavy (non-hydrogen) atoms. The van der Waals surface area contributed by atoms with E-state index in [0.717, 1.165) is 44.3 Å². The molecule has 4 heteroatoms.